The lowest BCUT2D eigenvalue weighted by Crippen LogP contribution is -2.19. The number of hydrogen-bond donors (Lipinski definition) is 2. The highest BCUT2D eigenvalue weighted by Crippen LogP contribution is 2.32. The Morgan fingerprint density at radius 2 is 2.18 bits per heavy atom. The molecule has 1 fully saturated rings. The Morgan fingerprint density at radius 1 is 1.41 bits per heavy atom. The number of nitrogens with one attached hydrogen (secondary N) is 1. The summed E-state index contributed by atoms with van der Waals surface area (Å²) < 4.78 is 5.31. The van der Waals surface area contributed by atoms with E-state index in [-0.39, 0.29) is 12.5 Å². The number of benzene rings is 1. The molecule has 0 aliphatic heterocycles. The Balaban J connectivity index is 1.67. The maximum Gasteiger partial charge on any atom is 0.250 e. The zero-order valence-electron chi connectivity index (χ0n) is 9.82. The quantitative estimate of drug-likeness (QED) is 0.584. The fraction of sp³-hybridized carbons (Fsp3) is 0.462. The summed E-state index contributed by atoms with van der Waals surface area (Å²) in [6.45, 7) is 0.767. The number of anilines is 2. The second kappa shape index (κ2) is 5.68. The van der Waals surface area contributed by atoms with E-state index in [0.717, 1.165) is 12.3 Å². The third-order valence-electron chi connectivity index (χ3n) is 2.84. The SMILES string of the molecule is Nc1ccccc1NC(=O)COCCC1CC1. The molecule has 1 amide bonds. The number of nitrogens with two attached hydrogens (primary N) is 1. The monoisotopic (exact) mass is 234 g/mol. The zero-order chi connectivity index (χ0) is 12.1. The van der Waals surface area contributed by atoms with E-state index in [0.29, 0.717) is 18.0 Å². The number of carbonyl (C=O) groups is 1. The van der Waals surface area contributed by atoms with E-state index in [4.69, 9.17) is 10.5 Å². The molecule has 0 heterocycles. The minimum atomic E-state index is -0.154. The van der Waals surface area contributed by atoms with Crippen LogP contribution in [0.4, 0.5) is 11.4 Å². The molecular weight excluding hydrogens is 216 g/mol. The summed E-state index contributed by atoms with van der Waals surface area (Å²) in [5, 5.41) is 2.73. The molecule has 1 aromatic rings. The van der Waals surface area contributed by atoms with Gasteiger partial charge in [-0.15, -0.1) is 0 Å². The van der Waals surface area contributed by atoms with Crippen LogP contribution in [0.2, 0.25) is 0 Å². The van der Waals surface area contributed by atoms with Gasteiger partial charge >= 0.3 is 0 Å². The normalized spacial score (nSPS) is 14.6. The van der Waals surface area contributed by atoms with Crippen LogP contribution in [0.3, 0.4) is 0 Å². The van der Waals surface area contributed by atoms with Crippen molar-refractivity contribution in [2.75, 3.05) is 24.3 Å². The van der Waals surface area contributed by atoms with Gasteiger partial charge in [0, 0.05) is 6.61 Å². The van der Waals surface area contributed by atoms with Gasteiger partial charge in [0.2, 0.25) is 5.91 Å². The standard InChI is InChI=1S/C13H18N2O2/c14-11-3-1-2-4-12(11)15-13(16)9-17-8-7-10-5-6-10/h1-4,10H,5-9,14H2,(H,15,16). The van der Waals surface area contributed by atoms with Crippen LogP contribution < -0.4 is 11.1 Å². The molecule has 2 rings (SSSR count). The smallest absolute Gasteiger partial charge is 0.250 e. The highest BCUT2D eigenvalue weighted by Gasteiger charge is 2.20. The highest BCUT2D eigenvalue weighted by atomic mass is 16.5. The van der Waals surface area contributed by atoms with Crippen molar-refractivity contribution in [2.24, 2.45) is 5.92 Å². The molecule has 0 radical (unpaired) electrons. The number of ether oxygens (including phenoxy) is 1. The molecule has 1 saturated carbocycles. The molecule has 0 saturated heterocycles. The first-order valence-electron chi connectivity index (χ1n) is 5.98. The number of amides is 1. The van der Waals surface area contributed by atoms with E-state index >= 15 is 0 Å². The summed E-state index contributed by atoms with van der Waals surface area (Å²) in [6.07, 6.45) is 3.70. The first-order chi connectivity index (χ1) is 8.25. The average molecular weight is 234 g/mol. The Kier molecular flexibility index (Phi) is 3.98. The molecule has 1 aliphatic rings. The number of para-hydroxylation sites is 2. The minimum Gasteiger partial charge on any atom is -0.397 e. The lowest BCUT2D eigenvalue weighted by molar-refractivity contribution is -0.120. The number of rotatable bonds is 6. The van der Waals surface area contributed by atoms with Crippen molar-refractivity contribution in [1.82, 2.24) is 0 Å². The molecule has 0 aromatic heterocycles. The molecule has 4 heteroatoms. The van der Waals surface area contributed by atoms with Crippen LogP contribution in [-0.4, -0.2) is 19.1 Å². The van der Waals surface area contributed by atoms with Gasteiger partial charge in [0.25, 0.3) is 0 Å². The first-order valence-corrected chi connectivity index (χ1v) is 5.98. The molecule has 1 aliphatic carbocycles. The minimum absolute atomic E-state index is 0.0983. The van der Waals surface area contributed by atoms with Gasteiger partial charge in [-0.2, -0.15) is 0 Å². The molecule has 0 unspecified atom stereocenters. The molecule has 0 spiro atoms. The number of hydrogen-bond acceptors (Lipinski definition) is 3. The van der Waals surface area contributed by atoms with Crippen molar-refractivity contribution >= 4 is 17.3 Å². The Morgan fingerprint density at radius 3 is 2.88 bits per heavy atom. The summed E-state index contributed by atoms with van der Waals surface area (Å²) in [6, 6.07) is 7.19. The largest absolute Gasteiger partial charge is 0.397 e. The van der Waals surface area contributed by atoms with E-state index in [1.54, 1.807) is 12.1 Å². The van der Waals surface area contributed by atoms with Crippen LogP contribution in [-0.2, 0) is 9.53 Å². The first kappa shape index (κ1) is 11.9. The second-order valence-electron chi connectivity index (χ2n) is 4.42. The van der Waals surface area contributed by atoms with E-state index in [2.05, 4.69) is 5.32 Å². The van der Waals surface area contributed by atoms with Crippen molar-refractivity contribution < 1.29 is 9.53 Å². The van der Waals surface area contributed by atoms with Crippen molar-refractivity contribution in [3.63, 3.8) is 0 Å². The van der Waals surface area contributed by atoms with Crippen LogP contribution in [0, 0.1) is 5.92 Å². The van der Waals surface area contributed by atoms with Gasteiger partial charge in [0.05, 0.1) is 11.4 Å². The van der Waals surface area contributed by atoms with Crippen molar-refractivity contribution in [3.8, 4) is 0 Å². The lowest BCUT2D eigenvalue weighted by Gasteiger charge is -2.08. The summed E-state index contributed by atoms with van der Waals surface area (Å²) in [5.41, 5.74) is 6.93. The van der Waals surface area contributed by atoms with Gasteiger partial charge < -0.3 is 15.8 Å². The molecule has 92 valence electrons. The van der Waals surface area contributed by atoms with Crippen LogP contribution in [0.25, 0.3) is 0 Å². The fourth-order valence-corrected chi connectivity index (χ4v) is 1.62. The van der Waals surface area contributed by atoms with E-state index < -0.39 is 0 Å². The van der Waals surface area contributed by atoms with Gasteiger partial charge in [-0.1, -0.05) is 25.0 Å². The predicted octanol–water partition coefficient (Wildman–Crippen LogP) is 2.02. The van der Waals surface area contributed by atoms with Gasteiger partial charge in [-0.25, -0.2) is 0 Å². The van der Waals surface area contributed by atoms with Gasteiger partial charge in [0.1, 0.15) is 6.61 Å². The Bertz CT molecular complexity index is 389. The van der Waals surface area contributed by atoms with Crippen molar-refractivity contribution in [3.05, 3.63) is 24.3 Å². The van der Waals surface area contributed by atoms with E-state index in [9.17, 15) is 4.79 Å². The molecule has 3 N–H and O–H groups in total. The highest BCUT2D eigenvalue weighted by molar-refractivity contribution is 5.94. The maximum atomic E-state index is 11.5. The molecule has 0 atom stereocenters. The van der Waals surface area contributed by atoms with Gasteiger partial charge in [-0.05, 0) is 24.5 Å². The molecular formula is C13H18N2O2. The topological polar surface area (TPSA) is 64.3 Å². The predicted molar refractivity (Wildman–Crippen MR) is 67.6 cm³/mol. The molecule has 1 aromatic carbocycles. The van der Waals surface area contributed by atoms with Crippen molar-refractivity contribution in [1.29, 1.82) is 0 Å². The van der Waals surface area contributed by atoms with Gasteiger partial charge in [0.15, 0.2) is 0 Å². The Labute approximate surface area is 101 Å². The molecule has 0 bridgehead atoms. The van der Waals surface area contributed by atoms with Crippen LogP contribution >= 0.6 is 0 Å². The molecule has 17 heavy (non-hydrogen) atoms. The summed E-state index contributed by atoms with van der Waals surface area (Å²) >= 11 is 0. The average Bonchev–Trinajstić information content (AvgIpc) is 3.12. The van der Waals surface area contributed by atoms with Crippen LogP contribution in [0.5, 0.6) is 0 Å². The Hall–Kier alpha value is -1.55. The van der Waals surface area contributed by atoms with E-state index in [1.165, 1.54) is 12.8 Å². The number of carbonyl (C=O) groups excluding carboxylic acids is 1. The third-order valence-corrected chi connectivity index (χ3v) is 2.84. The fourth-order valence-electron chi connectivity index (χ4n) is 1.62. The third kappa shape index (κ3) is 4.07. The summed E-state index contributed by atoms with van der Waals surface area (Å²) in [7, 11) is 0. The second-order valence-corrected chi connectivity index (χ2v) is 4.42. The van der Waals surface area contributed by atoms with Crippen LogP contribution in [0.1, 0.15) is 19.3 Å². The number of nitrogen functional groups attached to an aromatic ring is 1. The zero-order valence-corrected chi connectivity index (χ0v) is 9.82. The summed E-state index contributed by atoms with van der Waals surface area (Å²) in [5.74, 6) is 0.682. The van der Waals surface area contributed by atoms with Crippen molar-refractivity contribution in [2.45, 2.75) is 19.3 Å². The maximum absolute atomic E-state index is 11.5. The van der Waals surface area contributed by atoms with Crippen LogP contribution in [0.15, 0.2) is 24.3 Å². The van der Waals surface area contributed by atoms with Gasteiger partial charge in [-0.3, -0.25) is 4.79 Å². The summed E-state index contributed by atoms with van der Waals surface area (Å²) in [4.78, 5) is 11.5. The molecule has 4 nitrogen and oxygen atoms in total. The lowest BCUT2D eigenvalue weighted by atomic mass is 10.3. The van der Waals surface area contributed by atoms with E-state index in [1.807, 2.05) is 12.1 Å².